The van der Waals surface area contributed by atoms with E-state index in [1.165, 1.54) is 30.5 Å². The minimum Gasteiger partial charge on any atom is -0.478 e. The number of amides is 1. The molecule has 0 radical (unpaired) electrons. The fourth-order valence-corrected chi connectivity index (χ4v) is 5.78. The highest BCUT2D eigenvalue weighted by Crippen LogP contribution is 2.35. The van der Waals surface area contributed by atoms with E-state index in [0.29, 0.717) is 25.0 Å². The summed E-state index contributed by atoms with van der Waals surface area (Å²) in [6.07, 6.45) is 2.82. The molecule has 0 spiro atoms. The van der Waals surface area contributed by atoms with Crippen molar-refractivity contribution < 1.29 is 37.3 Å². The summed E-state index contributed by atoms with van der Waals surface area (Å²) in [4.78, 5) is 36.8. The highest BCUT2D eigenvalue weighted by molar-refractivity contribution is 6.31. The van der Waals surface area contributed by atoms with Crippen molar-refractivity contribution in [1.82, 2.24) is 24.8 Å². The summed E-state index contributed by atoms with van der Waals surface area (Å²) in [5, 5.41) is 21.5. The van der Waals surface area contributed by atoms with Crippen molar-refractivity contribution in [2.24, 2.45) is 0 Å². The average molecular weight is 703 g/mol. The lowest BCUT2D eigenvalue weighted by Crippen LogP contribution is -2.36. The molecule has 1 unspecified atom stereocenters. The number of carbonyl (C=O) groups is 2. The van der Waals surface area contributed by atoms with E-state index < -0.39 is 34.9 Å². The first-order valence-corrected chi connectivity index (χ1v) is 15.9. The van der Waals surface area contributed by atoms with Gasteiger partial charge in [0.2, 0.25) is 5.88 Å². The minimum atomic E-state index is -1.31. The van der Waals surface area contributed by atoms with Crippen LogP contribution in [0.2, 0.25) is 5.02 Å². The van der Waals surface area contributed by atoms with Gasteiger partial charge in [-0.25, -0.2) is 27.9 Å². The number of nitrogens with one attached hydrogen (secondary N) is 1. The maximum absolute atomic E-state index is 15.6. The number of carbonyl (C=O) groups excluding carboxylic acids is 1. The molecular weight excluding hydrogens is 677 g/mol. The van der Waals surface area contributed by atoms with Crippen molar-refractivity contribution in [3.63, 3.8) is 0 Å². The third kappa shape index (κ3) is 6.57. The van der Waals surface area contributed by atoms with Gasteiger partial charge in [-0.1, -0.05) is 17.7 Å². The Bertz CT molecular complexity index is 2230. The van der Waals surface area contributed by atoms with Crippen molar-refractivity contribution in [2.75, 3.05) is 6.61 Å². The molecule has 2 N–H and O–H groups in total. The summed E-state index contributed by atoms with van der Waals surface area (Å²) in [7, 11) is 0. The predicted molar refractivity (Wildman–Crippen MR) is 172 cm³/mol. The maximum atomic E-state index is 15.6. The van der Waals surface area contributed by atoms with Crippen LogP contribution in [0.5, 0.6) is 5.88 Å². The van der Waals surface area contributed by atoms with Gasteiger partial charge in [0.15, 0.2) is 5.82 Å². The van der Waals surface area contributed by atoms with Crippen LogP contribution in [0.3, 0.4) is 0 Å². The van der Waals surface area contributed by atoms with Crippen LogP contribution >= 0.6 is 11.6 Å². The number of pyridine rings is 2. The first kappa shape index (κ1) is 33.0. The van der Waals surface area contributed by atoms with Gasteiger partial charge in [0.05, 0.1) is 40.5 Å². The van der Waals surface area contributed by atoms with Gasteiger partial charge >= 0.3 is 5.97 Å². The largest absolute Gasteiger partial charge is 0.478 e. The third-order valence-corrected chi connectivity index (χ3v) is 9.00. The Kier molecular flexibility index (Phi) is 8.63. The van der Waals surface area contributed by atoms with Crippen molar-refractivity contribution in [3.05, 3.63) is 105 Å². The number of hydrogen-bond acceptors (Lipinski definition) is 8. The van der Waals surface area contributed by atoms with Crippen molar-refractivity contribution in [2.45, 2.75) is 50.5 Å². The highest BCUT2D eigenvalue weighted by atomic mass is 35.5. The fourth-order valence-electron chi connectivity index (χ4n) is 5.57. The van der Waals surface area contributed by atoms with Crippen LogP contribution < -0.4 is 10.1 Å². The molecule has 15 heteroatoms. The summed E-state index contributed by atoms with van der Waals surface area (Å²) in [6, 6.07) is 12.2. The highest BCUT2D eigenvalue weighted by Gasteiger charge is 2.45. The standard InChI is InChI=1S/C35H26ClF3N6O5/c36-23-13-28(33(46)44-35(17-40)5-6-35)41-14-20(23)16-50-31-3-1-2-27(42-31)22-12-24(37)18(8-25(22)38)11-30-43-32-26(39)9-19(34(47)48)10-29(32)45(30)15-21-4-7-49-21/h1-3,8-10,12-14,21H,4-7,11,15-16H2,(H,44,46)(H,47,48). The number of rotatable bonds is 11. The lowest BCUT2D eigenvalue weighted by Gasteiger charge is -2.27. The maximum Gasteiger partial charge on any atom is 0.335 e. The van der Waals surface area contributed by atoms with Crippen LogP contribution in [0.25, 0.3) is 22.3 Å². The zero-order chi connectivity index (χ0) is 35.2. The van der Waals surface area contributed by atoms with Crippen LogP contribution in [0.4, 0.5) is 13.2 Å². The Labute approximate surface area is 287 Å². The Morgan fingerprint density at radius 1 is 1.10 bits per heavy atom. The molecule has 11 nitrogen and oxygen atoms in total. The number of halogens is 4. The minimum absolute atomic E-state index is 0.0467. The Morgan fingerprint density at radius 2 is 1.90 bits per heavy atom. The van der Waals surface area contributed by atoms with Gasteiger partial charge in [0.25, 0.3) is 5.91 Å². The molecule has 1 amide bonds. The van der Waals surface area contributed by atoms with Crippen molar-refractivity contribution in [1.29, 1.82) is 5.26 Å². The molecule has 7 rings (SSSR count). The van der Waals surface area contributed by atoms with Gasteiger partial charge in [-0.05, 0) is 61.2 Å². The molecule has 5 aromatic rings. The van der Waals surface area contributed by atoms with Gasteiger partial charge in [-0.2, -0.15) is 5.26 Å². The van der Waals surface area contributed by atoms with Crippen LogP contribution in [0, 0.1) is 28.8 Å². The first-order chi connectivity index (χ1) is 24.0. The molecule has 1 saturated heterocycles. The normalized spacial score (nSPS) is 16.0. The lowest BCUT2D eigenvalue weighted by atomic mass is 10.0. The molecule has 2 aromatic carbocycles. The zero-order valence-corrected chi connectivity index (χ0v) is 26.8. The molecule has 1 atom stereocenters. The van der Waals surface area contributed by atoms with E-state index in [1.54, 1.807) is 10.6 Å². The van der Waals surface area contributed by atoms with Gasteiger partial charge in [-0.15, -0.1) is 0 Å². The molecule has 4 heterocycles. The van der Waals surface area contributed by atoms with Crippen LogP contribution in [-0.4, -0.2) is 54.8 Å². The molecule has 2 fully saturated rings. The second kappa shape index (κ2) is 13.1. The topological polar surface area (TPSA) is 152 Å². The van der Waals surface area contributed by atoms with Gasteiger partial charge in [-0.3, -0.25) is 9.78 Å². The van der Waals surface area contributed by atoms with E-state index in [-0.39, 0.29) is 81.5 Å². The predicted octanol–water partition coefficient (Wildman–Crippen LogP) is 6.01. The number of fused-ring (bicyclic) bond motifs is 1. The van der Waals surface area contributed by atoms with Crippen LogP contribution in [0.15, 0.2) is 54.7 Å². The molecule has 1 aliphatic heterocycles. The lowest BCUT2D eigenvalue weighted by molar-refractivity contribution is -0.0589. The Hall–Kier alpha value is -5.52. The SMILES string of the molecule is N#CC1(NC(=O)c2cc(Cl)c(COc3cccc(-c4cc(F)c(Cc5nc6c(F)cc(C(=O)O)cc6n5CC5CCO5)cc4F)n3)cn2)CC1. The molecule has 3 aromatic heterocycles. The molecule has 254 valence electrons. The van der Waals surface area contributed by atoms with E-state index in [4.69, 9.17) is 21.1 Å². The van der Waals surface area contributed by atoms with E-state index >= 15 is 8.78 Å². The number of nitriles is 1. The van der Waals surface area contributed by atoms with Gasteiger partial charge in [0, 0.05) is 36.4 Å². The summed E-state index contributed by atoms with van der Waals surface area (Å²) >= 11 is 6.36. The summed E-state index contributed by atoms with van der Waals surface area (Å²) in [5.74, 6) is -3.91. The number of aromatic carboxylic acids is 1. The number of imidazole rings is 1. The quantitative estimate of drug-likeness (QED) is 0.169. The second-order valence-corrected chi connectivity index (χ2v) is 12.5. The Morgan fingerprint density at radius 3 is 2.58 bits per heavy atom. The van der Waals surface area contributed by atoms with E-state index in [2.05, 4.69) is 26.3 Å². The molecular formula is C35H26ClF3N6O5. The third-order valence-electron chi connectivity index (χ3n) is 8.65. The number of aromatic nitrogens is 4. The first-order valence-electron chi connectivity index (χ1n) is 15.5. The van der Waals surface area contributed by atoms with Crippen LogP contribution in [-0.2, 0) is 24.3 Å². The smallest absolute Gasteiger partial charge is 0.335 e. The van der Waals surface area contributed by atoms with E-state index in [9.17, 15) is 24.3 Å². The van der Waals surface area contributed by atoms with E-state index in [1.807, 2.05) is 0 Å². The number of hydrogen-bond donors (Lipinski definition) is 2. The molecule has 0 bridgehead atoms. The van der Waals surface area contributed by atoms with Crippen LogP contribution in [0.1, 0.15) is 57.1 Å². The number of carboxylic acid groups (broad SMARTS) is 1. The zero-order valence-electron chi connectivity index (χ0n) is 26.1. The molecule has 1 aliphatic carbocycles. The number of carboxylic acids is 1. The van der Waals surface area contributed by atoms with E-state index in [0.717, 1.165) is 24.6 Å². The molecule has 2 aliphatic rings. The fraction of sp³-hybridized carbons (Fsp3) is 0.257. The number of ether oxygens (including phenoxy) is 2. The van der Waals surface area contributed by atoms with Gasteiger partial charge in [0.1, 0.15) is 40.8 Å². The molecule has 50 heavy (non-hydrogen) atoms. The van der Waals surface area contributed by atoms with Crippen molar-refractivity contribution >= 4 is 34.5 Å². The molecule has 1 saturated carbocycles. The summed E-state index contributed by atoms with van der Waals surface area (Å²) in [5.41, 5.74) is -0.599. The van der Waals surface area contributed by atoms with Gasteiger partial charge < -0.3 is 24.5 Å². The average Bonchev–Trinajstić information content (AvgIpc) is 3.76. The summed E-state index contributed by atoms with van der Waals surface area (Å²) in [6.45, 7) is 0.688. The Balaban J connectivity index is 1.09. The van der Waals surface area contributed by atoms with Crippen molar-refractivity contribution in [3.8, 4) is 23.2 Å². The number of nitrogens with zero attached hydrogens (tertiary/aromatic N) is 5. The monoisotopic (exact) mass is 702 g/mol. The second-order valence-electron chi connectivity index (χ2n) is 12.1. The number of benzene rings is 2. The summed E-state index contributed by atoms with van der Waals surface area (Å²) < 4.78 is 58.9.